The number of fused-ring (bicyclic) bond motifs is 4. The molecule has 0 heterocycles. The van der Waals surface area contributed by atoms with Crippen molar-refractivity contribution >= 4 is 71.1 Å². The molecule has 8 aromatic carbocycles. The summed E-state index contributed by atoms with van der Waals surface area (Å²) in [6.45, 7) is 8.83. The Labute approximate surface area is 368 Å². The zero-order valence-corrected chi connectivity index (χ0v) is 34.5. The minimum Gasteiger partial charge on any atom is -0.342 e. The fraction of sp³-hybridized carbons (Fsp3) is 0.130. The van der Waals surface area contributed by atoms with Crippen molar-refractivity contribution in [3.8, 4) is 0 Å². The van der Waals surface area contributed by atoms with Crippen LogP contribution in [0.2, 0.25) is 0 Å². The van der Waals surface area contributed by atoms with Crippen molar-refractivity contribution in [3.05, 3.63) is 165 Å². The van der Waals surface area contributed by atoms with E-state index >= 15 is 70.2 Å². The smallest absolute Gasteiger partial charge is 0.191 e. The summed E-state index contributed by atoms with van der Waals surface area (Å²) in [7, 11) is 0. The highest BCUT2D eigenvalue weighted by Gasteiger charge is 2.49. The molecule has 2 N–H and O–H groups in total. The van der Waals surface area contributed by atoms with Crippen LogP contribution in [0, 0.1) is 116 Å². The molecule has 0 aliphatic carbocycles. The number of halogens is 20. The van der Waals surface area contributed by atoms with Gasteiger partial charge < -0.3 is 5.32 Å². The van der Waals surface area contributed by atoms with Crippen molar-refractivity contribution in [1.29, 1.82) is 0 Å². The van der Waals surface area contributed by atoms with Gasteiger partial charge in [0.15, 0.2) is 93.1 Å². The summed E-state index contributed by atoms with van der Waals surface area (Å²) < 4.78 is 318. The van der Waals surface area contributed by atoms with Crippen LogP contribution in [0.4, 0.5) is 87.8 Å². The predicted octanol–water partition coefficient (Wildman–Crippen LogP) is 10.8. The minimum atomic E-state index is -6.29. The van der Waals surface area contributed by atoms with Gasteiger partial charge >= 0.3 is 0 Å². The molecule has 0 fully saturated rings. The van der Waals surface area contributed by atoms with Crippen LogP contribution in [-0.4, -0.2) is 18.2 Å². The number of rotatable bonds is 6. The first-order valence-corrected chi connectivity index (χ1v) is 19.6. The second-order valence-corrected chi connectivity index (χ2v) is 16.1. The van der Waals surface area contributed by atoms with Crippen molar-refractivity contribution in [2.75, 3.05) is 0 Å². The van der Waals surface area contributed by atoms with E-state index < -0.39 is 187 Å². The average molecular weight is 981 g/mol. The molecule has 0 bridgehead atoms. The molecule has 8 rings (SSSR count). The van der Waals surface area contributed by atoms with Gasteiger partial charge in [-0.15, -0.1) is 21.9 Å². The molecule has 0 atom stereocenters. The van der Waals surface area contributed by atoms with E-state index in [9.17, 15) is 17.6 Å². The minimum absolute atomic E-state index is 0.0220. The first-order valence-electron chi connectivity index (χ1n) is 19.6. The van der Waals surface area contributed by atoms with Gasteiger partial charge in [-0.2, -0.15) is 0 Å². The van der Waals surface area contributed by atoms with Gasteiger partial charge in [-0.05, 0) is 73.5 Å². The maximum absolute atomic E-state index is 17.3. The van der Waals surface area contributed by atoms with Gasteiger partial charge in [-0.3, -0.25) is 0 Å². The Morgan fingerprint density at radius 2 is 0.456 bits per heavy atom. The summed E-state index contributed by atoms with van der Waals surface area (Å²) in [5.41, 5.74) is -9.74. The highest BCUT2D eigenvalue weighted by Crippen LogP contribution is 2.38. The number of quaternary nitrogens is 1. The molecule has 356 valence electrons. The molecule has 0 unspecified atom stereocenters. The molecular formula is C46H24BF20N. The third-order valence-electron chi connectivity index (χ3n) is 11.4. The number of benzene rings is 8. The first-order chi connectivity index (χ1) is 31.8. The maximum Gasteiger partial charge on any atom is 0.191 e. The van der Waals surface area contributed by atoms with Gasteiger partial charge in [-0.25, -0.2) is 87.8 Å². The van der Waals surface area contributed by atoms with E-state index in [1.54, 1.807) is 0 Å². The molecule has 0 saturated heterocycles. The summed E-state index contributed by atoms with van der Waals surface area (Å²) in [4.78, 5) is 0. The van der Waals surface area contributed by atoms with Crippen molar-refractivity contribution in [2.45, 2.75) is 39.8 Å². The standard InChI is InChI=1S/C40H8BF20.C6H15N/c42-13-5-1-9-17(25(13)46)29(50)37(58)33(54)21(9)41(22-10-2-6-14(43)26(47)18(10)30(51)38(59)34(22)55,23-11-3-7-15(44)27(48)19(11)31(52)39(60)35(23)56)24-12-4-8-16(45)28(49)20(12)32(53)40(61)36(24)57;1-5(2)7-6(3)4/h1-8H;5-7H,1-4H3/q-1;/p+1. The van der Waals surface area contributed by atoms with Crippen molar-refractivity contribution in [3.63, 3.8) is 0 Å². The van der Waals surface area contributed by atoms with Crippen LogP contribution in [0.25, 0.3) is 43.1 Å². The van der Waals surface area contributed by atoms with Crippen LogP contribution in [0.15, 0.2) is 48.5 Å². The summed E-state index contributed by atoms with van der Waals surface area (Å²) >= 11 is 0. The van der Waals surface area contributed by atoms with E-state index in [1.807, 2.05) is 0 Å². The molecule has 0 aromatic heterocycles. The highest BCUT2D eigenvalue weighted by molar-refractivity contribution is 7.23. The molecule has 0 radical (unpaired) electrons. The molecular weight excluding hydrogens is 957 g/mol. The quantitative estimate of drug-likeness (QED) is 0.0971. The summed E-state index contributed by atoms with van der Waals surface area (Å²) in [5.74, 6) is -54.8. The molecule has 0 aliphatic rings. The molecule has 0 saturated carbocycles. The summed E-state index contributed by atoms with van der Waals surface area (Å²) in [6.07, 6.45) is -6.29. The zero-order valence-electron chi connectivity index (χ0n) is 34.5. The van der Waals surface area contributed by atoms with Gasteiger partial charge in [0.05, 0.1) is 33.6 Å². The van der Waals surface area contributed by atoms with E-state index in [0.717, 1.165) is 12.1 Å². The zero-order chi connectivity index (χ0) is 50.5. The lowest BCUT2D eigenvalue weighted by Crippen LogP contribution is -2.92. The Morgan fingerprint density at radius 1 is 0.265 bits per heavy atom. The lowest BCUT2D eigenvalue weighted by molar-refractivity contribution is -0.709. The largest absolute Gasteiger partial charge is 0.342 e. The van der Waals surface area contributed by atoms with Gasteiger partial charge in [0.1, 0.15) is 29.4 Å². The van der Waals surface area contributed by atoms with Gasteiger partial charge in [0, 0.05) is 0 Å². The van der Waals surface area contributed by atoms with Crippen LogP contribution in [0.3, 0.4) is 0 Å². The van der Waals surface area contributed by atoms with E-state index in [-0.39, 0.29) is 48.5 Å². The van der Waals surface area contributed by atoms with Crippen molar-refractivity contribution < 1.29 is 93.1 Å². The third-order valence-corrected chi connectivity index (χ3v) is 11.4. The highest BCUT2D eigenvalue weighted by atomic mass is 19.2. The molecule has 8 aromatic rings. The molecule has 0 amide bonds. The van der Waals surface area contributed by atoms with E-state index in [2.05, 4.69) is 33.0 Å². The second-order valence-electron chi connectivity index (χ2n) is 16.1. The van der Waals surface area contributed by atoms with Crippen LogP contribution < -0.4 is 27.2 Å². The monoisotopic (exact) mass is 981 g/mol. The summed E-state index contributed by atoms with van der Waals surface area (Å²) in [5, 5.41) is -13.9. The Bertz CT molecular complexity index is 3020. The van der Waals surface area contributed by atoms with Gasteiger partial charge in [-0.1, -0.05) is 24.3 Å². The SMILES string of the molecule is CC(C)[NH2+]C(C)C.Fc1ccc2c([B-](c3c(F)c(F)c(F)c4c(F)c(F)ccc34)(c3c(F)c(F)c(F)c4c(F)c(F)ccc34)c3c(F)c(F)c(F)c4c(F)c(F)ccc34)c(F)c(F)c(F)c2c1F. The molecule has 0 spiro atoms. The van der Waals surface area contributed by atoms with Crippen molar-refractivity contribution in [1.82, 2.24) is 0 Å². The molecule has 68 heavy (non-hydrogen) atoms. The summed E-state index contributed by atoms with van der Waals surface area (Å²) in [6, 6.07) is 1.01. The Balaban J connectivity index is 0.000000908. The van der Waals surface area contributed by atoms with Gasteiger partial charge in [0.2, 0.25) is 0 Å². The first kappa shape index (κ1) is 49.3. The van der Waals surface area contributed by atoms with Crippen LogP contribution in [0.5, 0.6) is 0 Å². The number of hydrogen-bond acceptors (Lipinski definition) is 0. The van der Waals surface area contributed by atoms with E-state index in [4.69, 9.17) is 0 Å². The average Bonchev–Trinajstić information content (AvgIpc) is 3.27. The maximum atomic E-state index is 17.3. The molecule has 1 nitrogen and oxygen atoms in total. The van der Waals surface area contributed by atoms with Crippen LogP contribution >= 0.6 is 0 Å². The van der Waals surface area contributed by atoms with E-state index in [0.29, 0.717) is 0 Å². The van der Waals surface area contributed by atoms with Gasteiger partial charge in [0.25, 0.3) is 0 Å². The fourth-order valence-corrected chi connectivity index (χ4v) is 9.06. The second kappa shape index (κ2) is 17.5. The number of nitrogens with two attached hydrogens (primary N) is 1. The number of hydrogen-bond donors (Lipinski definition) is 1. The normalized spacial score (nSPS) is 12.1. The van der Waals surface area contributed by atoms with Crippen molar-refractivity contribution in [2.24, 2.45) is 0 Å². The predicted molar refractivity (Wildman–Crippen MR) is 211 cm³/mol. The van der Waals surface area contributed by atoms with Crippen LogP contribution in [-0.2, 0) is 0 Å². The van der Waals surface area contributed by atoms with Crippen LogP contribution in [0.1, 0.15) is 27.7 Å². The topological polar surface area (TPSA) is 16.6 Å². The molecule has 22 heteroatoms. The Kier molecular flexibility index (Phi) is 12.7. The van der Waals surface area contributed by atoms with E-state index in [1.165, 1.54) is 0 Å². The fourth-order valence-electron chi connectivity index (χ4n) is 9.06. The Morgan fingerprint density at radius 3 is 0.618 bits per heavy atom. The Hall–Kier alpha value is -6.58. The molecule has 0 aliphatic heterocycles. The lowest BCUT2D eigenvalue weighted by Gasteiger charge is -2.47. The lowest BCUT2D eigenvalue weighted by atomic mass is 9.11. The third kappa shape index (κ3) is 7.07.